The highest BCUT2D eigenvalue weighted by Gasteiger charge is 2.72. The van der Waals surface area contributed by atoms with Gasteiger partial charge in [-0.15, -0.1) is 0 Å². The van der Waals surface area contributed by atoms with Crippen LogP contribution in [-0.2, 0) is 28.5 Å². The highest BCUT2D eigenvalue weighted by Crippen LogP contribution is 2.59. The van der Waals surface area contributed by atoms with Crippen molar-refractivity contribution in [3.05, 3.63) is 11.6 Å². The lowest BCUT2D eigenvalue weighted by Gasteiger charge is -2.42. The second-order valence-corrected chi connectivity index (χ2v) is 10.8. The van der Waals surface area contributed by atoms with Crippen LogP contribution in [0.3, 0.4) is 0 Å². The number of carbonyl (C=O) groups is 3. The highest BCUT2D eigenvalue weighted by molar-refractivity contribution is 5.90. The fraction of sp³-hybridized carbons (Fsp3) is 0.800. The molecule has 2 aliphatic heterocycles. The number of epoxide rings is 2. The van der Waals surface area contributed by atoms with E-state index in [0.29, 0.717) is 19.4 Å². The van der Waals surface area contributed by atoms with Gasteiger partial charge in [0.05, 0.1) is 25.2 Å². The minimum atomic E-state index is -1.25. The Hall–Kier alpha value is -2.21. The summed E-state index contributed by atoms with van der Waals surface area (Å²) >= 11 is 0. The van der Waals surface area contributed by atoms with Crippen molar-refractivity contribution in [3.8, 4) is 0 Å². The maximum Gasteiger partial charge on any atom is 0.408 e. The molecule has 11 nitrogen and oxygen atoms in total. The molecule has 0 aromatic carbocycles. The number of carbonyl (C=O) groups excluding carboxylic acids is 3. The average molecular weight is 512 g/mol. The topological polar surface area (TPSA) is 165 Å². The standard InChI is InChI=1S/C25H41N3O8/c1-13(2)7-8-17-24(5,36-17)20-19(33-6)16(9-10-25(20)12-34-25)35-23(32)28-18(14(3)4)22(31)27-15(11-29)21(26)30/h7,14-20,29H,8-12H2,1-6H3,(H2,26,30)(H,27,31)(H,28,32)/t15?,16-,17-,18?,19-,20-,24+,25+/m1/s1. The molecule has 204 valence electrons. The molecule has 1 aliphatic carbocycles. The SMILES string of the molecule is CO[C@@H]1[C@H](OC(=O)NC(C(=O)NC(CO)C(N)=O)C(C)C)CC[C@]2(CO2)[C@H]1[C@@]1(C)O[C@@H]1CC=C(C)C. The van der Waals surface area contributed by atoms with Crippen LogP contribution in [0.2, 0.25) is 0 Å². The number of aliphatic hydroxyl groups excluding tert-OH is 1. The van der Waals surface area contributed by atoms with E-state index in [-0.39, 0.29) is 23.5 Å². The number of hydrogen-bond donors (Lipinski definition) is 4. The Kier molecular flexibility index (Phi) is 8.70. The summed E-state index contributed by atoms with van der Waals surface area (Å²) in [5.74, 6) is -1.96. The number of amides is 3. The first-order valence-corrected chi connectivity index (χ1v) is 12.5. The van der Waals surface area contributed by atoms with Gasteiger partial charge in [0.1, 0.15) is 35.5 Å². The molecule has 8 atom stereocenters. The van der Waals surface area contributed by atoms with Crippen LogP contribution in [0.1, 0.15) is 53.9 Å². The number of methoxy groups -OCH3 is 1. The van der Waals surface area contributed by atoms with Gasteiger partial charge in [-0.05, 0) is 46.0 Å². The lowest BCUT2D eigenvalue weighted by atomic mass is 9.68. The third-order valence-electron chi connectivity index (χ3n) is 7.56. The lowest BCUT2D eigenvalue weighted by Crippen LogP contribution is -2.58. The summed E-state index contributed by atoms with van der Waals surface area (Å²) in [6.07, 6.45) is 2.43. The van der Waals surface area contributed by atoms with Crippen LogP contribution in [0, 0.1) is 11.8 Å². The molecule has 0 radical (unpaired) electrons. The number of ether oxygens (including phenoxy) is 4. The number of hydrogen-bond acceptors (Lipinski definition) is 8. The van der Waals surface area contributed by atoms with Crippen molar-refractivity contribution in [2.45, 2.75) is 95.5 Å². The molecule has 0 aromatic heterocycles. The van der Waals surface area contributed by atoms with E-state index < -0.39 is 54.4 Å². The molecule has 1 spiro atoms. The Bertz CT molecular complexity index is 869. The van der Waals surface area contributed by atoms with Crippen LogP contribution < -0.4 is 16.4 Å². The first-order valence-electron chi connectivity index (χ1n) is 12.5. The fourth-order valence-corrected chi connectivity index (χ4v) is 5.37. The smallest absolute Gasteiger partial charge is 0.408 e. The average Bonchev–Trinajstić information content (AvgIpc) is 3.72. The summed E-state index contributed by atoms with van der Waals surface area (Å²) in [7, 11) is 1.59. The van der Waals surface area contributed by atoms with Gasteiger partial charge in [0.25, 0.3) is 0 Å². The van der Waals surface area contributed by atoms with E-state index in [4.69, 9.17) is 24.7 Å². The van der Waals surface area contributed by atoms with Crippen molar-refractivity contribution in [1.82, 2.24) is 10.6 Å². The van der Waals surface area contributed by atoms with Crippen molar-refractivity contribution in [1.29, 1.82) is 0 Å². The molecule has 36 heavy (non-hydrogen) atoms. The largest absolute Gasteiger partial charge is 0.443 e. The number of aliphatic hydroxyl groups is 1. The number of rotatable bonds is 11. The third kappa shape index (κ3) is 6.01. The van der Waals surface area contributed by atoms with Gasteiger partial charge in [-0.25, -0.2) is 4.79 Å². The maximum absolute atomic E-state index is 12.9. The lowest BCUT2D eigenvalue weighted by molar-refractivity contribution is -0.130. The van der Waals surface area contributed by atoms with Crippen molar-refractivity contribution in [2.24, 2.45) is 17.6 Å². The van der Waals surface area contributed by atoms with Crippen LogP contribution in [0.15, 0.2) is 11.6 Å². The van der Waals surface area contributed by atoms with E-state index in [1.54, 1.807) is 21.0 Å². The molecule has 5 N–H and O–H groups in total. The molecule has 3 fully saturated rings. The van der Waals surface area contributed by atoms with Crippen LogP contribution >= 0.6 is 0 Å². The second kappa shape index (κ2) is 11.0. The van der Waals surface area contributed by atoms with E-state index >= 15 is 0 Å². The van der Waals surface area contributed by atoms with Gasteiger partial charge in [-0.3, -0.25) is 9.59 Å². The summed E-state index contributed by atoms with van der Waals surface area (Å²) in [5.41, 5.74) is 5.60. The molecule has 11 heteroatoms. The van der Waals surface area contributed by atoms with Gasteiger partial charge in [-0.2, -0.15) is 0 Å². The Morgan fingerprint density at radius 1 is 1.25 bits per heavy atom. The van der Waals surface area contributed by atoms with Crippen molar-refractivity contribution >= 4 is 17.9 Å². The molecule has 2 saturated heterocycles. The molecule has 1 saturated carbocycles. The van der Waals surface area contributed by atoms with E-state index in [9.17, 15) is 19.5 Å². The molecular weight excluding hydrogens is 470 g/mol. The third-order valence-corrected chi connectivity index (χ3v) is 7.56. The van der Waals surface area contributed by atoms with Gasteiger partial charge in [0.2, 0.25) is 11.8 Å². The zero-order valence-corrected chi connectivity index (χ0v) is 22.0. The summed E-state index contributed by atoms with van der Waals surface area (Å²) < 4.78 is 23.8. The second-order valence-electron chi connectivity index (χ2n) is 10.8. The van der Waals surface area contributed by atoms with E-state index in [2.05, 4.69) is 37.5 Å². The molecule has 0 aromatic rings. The van der Waals surface area contributed by atoms with Crippen molar-refractivity contribution in [2.75, 3.05) is 20.3 Å². The number of nitrogens with one attached hydrogen (secondary N) is 2. The monoisotopic (exact) mass is 511 g/mol. The predicted molar refractivity (Wildman–Crippen MR) is 130 cm³/mol. The first kappa shape index (κ1) is 28.4. The predicted octanol–water partition coefficient (Wildman–Crippen LogP) is 0.776. The molecule has 0 bridgehead atoms. The van der Waals surface area contributed by atoms with Crippen molar-refractivity contribution in [3.63, 3.8) is 0 Å². The maximum atomic E-state index is 12.9. The summed E-state index contributed by atoms with van der Waals surface area (Å²) in [6, 6.07) is -2.25. The van der Waals surface area contributed by atoms with Crippen LogP contribution in [0.25, 0.3) is 0 Å². The van der Waals surface area contributed by atoms with E-state index in [1.807, 2.05) is 0 Å². The van der Waals surface area contributed by atoms with E-state index in [0.717, 1.165) is 6.42 Å². The molecule has 2 heterocycles. The molecule has 3 amide bonds. The summed E-state index contributed by atoms with van der Waals surface area (Å²) in [5, 5.41) is 14.2. The Balaban J connectivity index is 1.68. The Morgan fingerprint density at radius 3 is 2.42 bits per heavy atom. The highest BCUT2D eigenvalue weighted by atomic mass is 16.6. The van der Waals surface area contributed by atoms with Crippen LogP contribution in [0.4, 0.5) is 4.79 Å². The first-order chi connectivity index (χ1) is 16.9. The quantitative estimate of drug-likeness (QED) is 0.233. The van der Waals surface area contributed by atoms with Gasteiger partial charge >= 0.3 is 6.09 Å². The number of primary amides is 1. The van der Waals surface area contributed by atoms with Crippen molar-refractivity contribution < 1.29 is 38.4 Å². The Morgan fingerprint density at radius 2 is 1.92 bits per heavy atom. The normalized spacial score (nSPS) is 34.4. The summed E-state index contributed by atoms with van der Waals surface area (Å²) in [6.45, 7) is 9.62. The number of allylic oxidation sites excluding steroid dienone is 1. The van der Waals surface area contributed by atoms with Gasteiger partial charge in [0.15, 0.2) is 0 Å². The van der Waals surface area contributed by atoms with Gasteiger partial charge < -0.3 is 40.4 Å². The van der Waals surface area contributed by atoms with Gasteiger partial charge in [0, 0.05) is 7.11 Å². The fourth-order valence-electron chi connectivity index (χ4n) is 5.37. The Labute approximate surface area is 212 Å². The number of nitrogens with two attached hydrogens (primary N) is 1. The minimum absolute atomic E-state index is 0.0300. The molecule has 3 rings (SSSR count). The van der Waals surface area contributed by atoms with Crippen LogP contribution in [-0.4, -0.2) is 84.9 Å². The molecule has 2 unspecified atom stereocenters. The van der Waals surface area contributed by atoms with E-state index in [1.165, 1.54) is 5.57 Å². The summed E-state index contributed by atoms with van der Waals surface area (Å²) in [4.78, 5) is 36.9. The number of alkyl carbamates (subject to hydrolysis) is 1. The molecule has 3 aliphatic rings. The van der Waals surface area contributed by atoms with Gasteiger partial charge in [-0.1, -0.05) is 25.5 Å². The zero-order valence-electron chi connectivity index (χ0n) is 22.0. The molecular formula is C25H41N3O8. The van der Waals surface area contributed by atoms with Crippen LogP contribution in [0.5, 0.6) is 0 Å². The zero-order chi connectivity index (χ0) is 26.8. The minimum Gasteiger partial charge on any atom is -0.443 e.